The van der Waals surface area contributed by atoms with Crippen molar-refractivity contribution in [2.75, 3.05) is 19.6 Å². The van der Waals surface area contributed by atoms with Crippen molar-refractivity contribution in [2.24, 2.45) is 0 Å². The molecule has 3 nitrogen and oxygen atoms in total. The first-order valence-electron chi connectivity index (χ1n) is 7.28. The fourth-order valence-electron chi connectivity index (χ4n) is 2.64. The predicted octanol–water partition coefficient (Wildman–Crippen LogP) is 2.82. The lowest BCUT2D eigenvalue weighted by atomic mass is 9.98. The number of hydrogen-bond acceptors (Lipinski definition) is 2. The van der Waals surface area contributed by atoms with E-state index < -0.39 is 0 Å². The van der Waals surface area contributed by atoms with Crippen LogP contribution in [0.3, 0.4) is 0 Å². The number of carbonyl (C=O) groups is 1. The molecular weight excluding hydrogens is 255 g/mol. The first kappa shape index (κ1) is 15.0. The van der Waals surface area contributed by atoms with Gasteiger partial charge < -0.3 is 5.32 Å². The van der Waals surface area contributed by atoms with E-state index in [1.807, 2.05) is 0 Å². The van der Waals surface area contributed by atoms with Crippen molar-refractivity contribution < 1.29 is 9.18 Å². The van der Waals surface area contributed by atoms with E-state index in [4.69, 9.17) is 0 Å². The summed E-state index contributed by atoms with van der Waals surface area (Å²) in [7, 11) is 0. The first-order valence-corrected chi connectivity index (χ1v) is 7.28. The molecule has 1 aliphatic rings. The van der Waals surface area contributed by atoms with Crippen LogP contribution in [0.1, 0.15) is 43.5 Å². The first-order chi connectivity index (χ1) is 9.49. The third-order valence-corrected chi connectivity index (χ3v) is 3.98. The van der Waals surface area contributed by atoms with Gasteiger partial charge in [0.05, 0.1) is 0 Å². The minimum absolute atomic E-state index is 0.0661. The molecule has 0 spiro atoms. The summed E-state index contributed by atoms with van der Waals surface area (Å²) in [6.07, 6.45) is 3.74. The van der Waals surface area contributed by atoms with Crippen LogP contribution in [0, 0.1) is 5.82 Å². The van der Waals surface area contributed by atoms with E-state index in [1.165, 1.54) is 31.4 Å². The molecule has 0 aromatic heterocycles. The van der Waals surface area contributed by atoms with Crippen LogP contribution in [0.25, 0.3) is 0 Å². The molecular formula is C16H23FN2O. The van der Waals surface area contributed by atoms with Crippen LogP contribution in [-0.4, -0.2) is 36.0 Å². The monoisotopic (exact) mass is 278 g/mol. The van der Waals surface area contributed by atoms with Gasteiger partial charge >= 0.3 is 0 Å². The van der Waals surface area contributed by atoms with Crippen LogP contribution < -0.4 is 5.32 Å². The molecule has 110 valence electrons. The highest BCUT2D eigenvalue weighted by Gasteiger charge is 2.28. The number of benzene rings is 1. The minimum Gasteiger partial charge on any atom is -0.350 e. The lowest BCUT2D eigenvalue weighted by Gasteiger charge is -2.41. The van der Waals surface area contributed by atoms with Gasteiger partial charge in [0, 0.05) is 17.6 Å². The van der Waals surface area contributed by atoms with Crippen LogP contribution in [-0.2, 0) is 0 Å². The molecule has 0 aliphatic carbocycles. The summed E-state index contributed by atoms with van der Waals surface area (Å²) < 4.78 is 13.1. The molecule has 1 aliphatic heterocycles. The summed E-state index contributed by atoms with van der Waals surface area (Å²) in [5.74, 6) is -0.595. The van der Waals surface area contributed by atoms with E-state index >= 15 is 0 Å². The van der Waals surface area contributed by atoms with E-state index in [2.05, 4.69) is 24.1 Å². The highest BCUT2D eigenvalue weighted by Crippen LogP contribution is 2.20. The van der Waals surface area contributed by atoms with Crippen molar-refractivity contribution in [1.82, 2.24) is 10.2 Å². The van der Waals surface area contributed by atoms with Gasteiger partial charge in [0.25, 0.3) is 5.91 Å². The normalized spacial score (nSPS) is 16.9. The van der Waals surface area contributed by atoms with Crippen molar-refractivity contribution in [3.05, 3.63) is 35.6 Å². The van der Waals surface area contributed by atoms with E-state index in [0.29, 0.717) is 12.1 Å². The van der Waals surface area contributed by atoms with E-state index in [-0.39, 0.29) is 17.3 Å². The average Bonchev–Trinajstić information content (AvgIpc) is 2.46. The van der Waals surface area contributed by atoms with Crippen molar-refractivity contribution in [2.45, 2.75) is 38.6 Å². The van der Waals surface area contributed by atoms with Crippen LogP contribution >= 0.6 is 0 Å². The van der Waals surface area contributed by atoms with Gasteiger partial charge in [0.2, 0.25) is 0 Å². The van der Waals surface area contributed by atoms with Crippen molar-refractivity contribution in [3.8, 4) is 0 Å². The van der Waals surface area contributed by atoms with Gasteiger partial charge in [0.15, 0.2) is 0 Å². The van der Waals surface area contributed by atoms with Crippen LogP contribution in [0.2, 0.25) is 0 Å². The Balaban J connectivity index is 1.91. The Morgan fingerprint density at radius 1 is 1.30 bits per heavy atom. The molecule has 0 saturated carbocycles. The Bertz CT molecular complexity index is 467. The molecule has 2 rings (SSSR count). The van der Waals surface area contributed by atoms with Crippen molar-refractivity contribution in [1.29, 1.82) is 0 Å². The number of rotatable bonds is 4. The second kappa shape index (κ2) is 6.35. The third-order valence-electron chi connectivity index (χ3n) is 3.98. The molecule has 1 heterocycles. The van der Waals surface area contributed by atoms with Crippen LogP contribution in [0.4, 0.5) is 4.39 Å². The van der Waals surface area contributed by atoms with Gasteiger partial charge in [-0.25, -0.2) is 4.39 Å². The highest BCUT2D eigenvalue weighted by atomic mass is 19.1. The summed E-state index contributed by atoms with van der Waals surface area (Å²) >= 11 is 0. The van der Waals surface area contributed by atoms with E-state index in [9.17, 15) is 9.18 Å². The van der Waals surface area contributed by atoms with Gasteiger partial charge in [-0.15, -0.1) is 0 Å². The lowest BCUT2D eigenvalue weighted by molar-refractivity contribution is 0.0797. The summed E-state index contributed by atoms with van der Waals surface area (Å²) in [6, 6.07) is 5.80. The fraction of sp³-hybridized carbons (Fsp3) is 0.562. The SMILES string of the molecule is CC(C)(CNC(=O)c1cccc(F)c1)N1CCCCC1. The second-order valence-electron chi connectivity index (χ2n) is 6.05. The number of halogens is 1. The maximum atomic E-state index is 13.1. The average molecular weight is 278 g/mol. The molecule has 4 heteroatoms. The molecule has 1 aromatic carbocycles. The smallest absolute Gasteiger partial charge is 0.251 e. The summed E-state index contributed by atoms with van der Waals surface area (Å²) in [5, 5.41) is 2.92. The fourth-order valence-corrected chi connectivity index (χ4v) is 2.64. The summed E-state index contributed by atoms with van der Waals surface area (Å²) in [5.41, 5.74) is 0.308. The molecule has 1 aromatic rings. The van der Waals surface area contributed by atoms with Crippen molar-refractivity contribution >= 4 is 5.91 Å². The molecule has 1 fully saturated rings. The molecule has 20 heavy (non-hydrogen) atoms. The summed E-state index contributed by atoms with van der Waals surface area (Å²) in [6.45, 7) is 7.03. The molecule has 0 unspecified atom stereocenters. The number of amides is 1. The zero-order chi connectivity index (χ0) is 14.6. The number of likely N-dealkylation sites (tertiary alicyclic amines) is 1. The standard InChI is InChI=1S/C16H23FN2O/c1-16(2,19-9-4-3-5-10-19)12-18-15(20)13-7-6-8-14(17)11-13/h6-8,11H,3-5,9-10,12H2,1-2H3,(H,18,20). The zero-order valence-electron chi connectivity index (χ0n) is 12.3. The van der Waals surface area contributed by atoms with Gasteiger partial charge in [-0.2, -0.15) is 0 Å². The van der Waals surface area contributed by atoms with Gasteiger partial charge in [-0.3, -0.25) is 9.69 Å². The molecule has 1 saturated heterocycles. The maximum Gasteiger partial charge on any atom is 0.251 e. The topological polar surface area (TPSA) is 32.3 Å². The Morgan fingerprint density at radius 3 is 2.65 bits per heavy atom. The predicted molar refractivity (Wildman–Crippen MR) is 78.2 cm³/mol. The Morgan fingerprint density at radius 2 is 2.00 bits per heavy atom. The Kier molecular flexibility index (Phi) is 4.76. The van der Waals surface area contributed by atoms with Crippen molar-refractivity contribution in [3.63, 3.8) is 0 Å². The van der Waals surface area contributed by atoms with Crippen LogP contribution in [0.5, 0.6) is 0 Å². The quantitative estimate of drug-likeness (QED) is 0.918. The lowest BCUT2D eigenvalue weighted by Crippen LogP contribution is -2.53. The zero-order valence-corrected chi connectivity index (χ0v) is 12.3. The van der Waals surface area contributed by atoms with E-state index in [0.717, 1.165) is 13.1 Å². The molecule has 0 bridgehead atoms. The Labute approximate surface area is 120 Å². The highest BCUT2D eigenvalue weighted by molar-refractivity contribution is 5.94. The summed E-state index contributed by atoms with van der Waals surface area (Å²) in [4.78, 5) is 14.4. The van der Waals surface area contributed by atoms with Gasteiger partial charge in [0.1, 0.15) is 5.82 Å². The number of piperidine rings is 1. The van der Waals surface area contributed by atoms with Gasteiger partial charge in [-0.1, -0.05) is 12.5 Å². The number of hydrogen-bond donors (Lipinski definition) is 1. The second-order valence-corrected chi connectivity index (χ2v) is 6.05. The number of nitrogens with zero attached hydrogens (tertiary/aromatic N) is 1. The molecule has 1 amide bonds. The third kappa shape index (κ3) is 3.79. The molecule has 0 radical (unpaired) electrons. The molecule has 0 atom stereocenters. The Hall–Kier alpha value is -1.42. The van der Waals surface area contributed by atoms with E-state index in [1.54, 1.807) is 12.1 Å². The maximum absolute atomic E-state index is 13.1. The van der Waals surface area contributed by atoms with Crippen LogP contribution in [0.15, 0.2) is 24.3 Å². The minimum atomic E-state index is -0.382. The number of carbonyl (C=O) groups excluding carboxylic acids is 1. The largest absolute Gasteiger partial charge is 0.350 e. The van der Waals surface area contributed by atoms with Gasteiger partial charge in [-0.05, 0) is 58.0 Å². The number of nitrogens with one attached hydrogen (secondary N) is 1. The molecule has 1 N–H and O–H groups in total.